The maximum Gasteiger partial charge on any atom is 0.0864 e. The highest BCUT2D eigenvalue weighted by Gasteiger charge is 2.54. The molecule has 0 aromatic carbocycles. The predicted molar refractivity (Wildman–Crippen MR) is 74.8 cm³/mol. The molecule has 1 aliphatic heterocycles. The SMILES string of the molecule is CC1(C)CCCCC12CNCC1(CCCCC1)O2. The van der Waals surface area contributed by atoms with Crippen LogP contribution in [0.4, 0.5) is 0 Å². The van der Waals surface area contributed by atoms with Crippen molar-refractivity contribution >= 4 is 0 Å². The minimum absolute atomic E-state index is 0.112. The van der Waals surface area contributed by atoms with Gasteiger partial charge < -0.3 is 10.1 Å². The van der Waals surface area contributed by atoms with E-state index < -0.39 is 0 Å². The van der Waals surface area contributed by atoms with Gasteiger partial charge in [0.25, 0.3) is 0 Å². The average Bonchev–Trinajstić information content (AvgIpc) is 2.34. The van der Waals surface area contributed by atoms with Gasteiger partial charge in [0.15, 0.2) is 0 Å². The van der Waals surface area contributed by atoms with Crippen molar-refractivity contribution in [2.75, 3.05) is 13.1 Å². The molecule has 0 bridgehead atoms. The molecule has 2 aliphatic carbocycles. The Kier molecular flexibility index (Phi) is 3.22. The Balaban J connectivity index is 1.83. The lowest BCUT2D eigenvalue weighted by molar-refractivity contribution is -0.245. The third-order valence-corrected chi connectivity index (χ3v) is 5.90. The van der Waals surface area contributed by atoms with E-state index in [2.05, 4.69) is 19.2 Å². The minimum Gasteiger partial charge on any atom is -0.365 e. The number of nitrogens with one attached hydrogen (secondary N) is 1. The molecular weight excluding hydrogens is 222 g/mol. The van der Waals surface area contributed by atoms with Gasteiger partial charge in [0.1, 0.15) is 0 Å². The highest BCUT2D eigenvalue weighted by Crippen LogP contribution is 2.51. The second-order valence-corrected chi connectivity index (χ2v) is 7.53. The van der Waals surface area contributed by atoms with Crippen LogP contribution in [-0.2, 0) is 4.74 Å². The molecule has 1 atom stereocenters. The summed E-state index contributed by atoms with van der Waals surface area (Å²) in [4.78, 5) is 0. The number of ether oxygens (including phenoxy) is 1. The number of hydrogen-bond acceptors (Lipinski definition) is 2. The molecule has 3 rings (SSSR count). The number of rotatable bonds is 0. The maximum atomic E-state index is 6.90. The zero-order valence-corrected chi connectivity index (χ0v) is 12.2. The van der Waals surface area contributed by atoms with Crippen molar-refractivity contribution in [3.05, 3.63) is 0 Å². The van der Waals surface area contributed by atoms with E-state index in [1.54, 1.807) is 0 Å². The summed E-state index contributed by atoms with van der Waals surface area (Å²) in [6.45, 7) is 7.01. The maximum absolute atomic E-state index is 6.90. The van der Waals surface area contributed by atoms with Gasteiger partial charge in [-0.2, -0.15) is 0 Å². The summed E-state index contributed by atoms with van der Waals surface area (Å²) in [6, 6.07) is 0. The van der Waals surface area contributed by atoms with Gasteiger partial charge in [-0.1, -0.05) is 46.0 Å². The highest BCUT2D eigenvalue weighted by molar-refractivity contribution is 5.06. The standard InChI is InChI=1S/C16H29NO/c1-14(2)8-6-7-11-16(14)13-17-12-15(18-16)9-4-3-5-10-15/h17H,3-13H2,1-2H3. The van der Waals surface area contributed by atoms with Gasteiger partial charge in [0, 0.05) is 13.1 Å². The van der Waals surface area contributed by atoms with Crippen LogP contribution in [0.2, 0.25) is 0 Å². The van der Waals surface area contributed by atoms with Crippen molar-refractivity contribution in [2.24, 2.45) is 5.41 Å². The molecule has 1 saturated heterocycles. The Bertz CT molecular complexity index is 297. The van der Waals surface area contributed by atoms with Crippen molar-refractivity contribution in [1.82, 2.24) is 5.32 Å². The van der Waals surface area contributed by atoms with Gasteiger partial charge in [-0.05, 0) is 31.1 Å². The zero-order valence-electron chi connectivity index (χ0n) is 12.2. The van der Waals surface area contributed by atoms with E-state index in [0.717, 1.165) is 13.1 Å². The van der Waals surface area contributed by atoms with Crippen LogP contribution >= 0.6 is 0 Å². The summed E-state index contributed by atoms with van der Waals surface area (Å²) < 4.78 is 6.90. The quantitative estimate of drug-likeness (QED) is 0.709. The molecule has 1 N–H and O–H groups in total. The molecule has 2 spiro atoms. The van der Waals surface area contributed by atoms with E-state index in [1.807, 2.05) is 0 Å². The largest absolute Gasteiger partial charge is 0.365 e. The average molecular weight is 251 g/mol. The van der Waals surface area contributed by atoms with Crippen molar-refractivity contribution in [2.45, 2.75) is 82.8 Å². The molecule has 18 heavy (non-hydrogen) atoms. The lowest BCUT2D eigenvalue weighted by Gasteiger charge is -2.58. The lowest BCUT2D eigenvalue weighted by atomic mass is 9.63. The second-order valence-electron chi connectivity index (χ2n) is 7.53. The zero-order chi connectivity index (χ0) is 12.7. The lowest BCUT2D eigenvalue weighted by Crippen LogP contribution is -2.66. The van der Waals surface area contributed by atoms with Gasteiger partial charge in [-0.25, -0.2) is 0 Å². The van der Waals surface area contributed by atoms with Crippen LogP contribution < -0.4 is 5.32 Å². The van der Waals surface area contributed by atoms with E-state index >= 15 is 0 Å². The van der Waals surface area contributed by atoms with Crippen molar-refractivity contribution in [1.29, 1.82) is 0 Å². The fraction of sp³-hybridized carbons (Fsp3) is 1.00. The topological polar surface area (TPSA) is 21.3 Å². The second kappa shape index (κ2) is 4.49. The summed E-state index contributed by atoms with van der Waals surface area (Å²) in [5.74, 6) is 0. The number of hydrogen-bond donors (Lipinski definition) is 1. The highest BCUT2D eigenvalue weighted by atomic mass is 16.5. The van der Waals surface area contributed by atoms with Gasteiger partial charge >= 0.3 is 0 Å². The molecule has 3 fully saturated rings. The van der Waals surface area contributed by atoms with E-state index in [0.29, 0.717) is 5.41 Å². The number of morpholine rings is 1. The van der Waals surface area contributed by atoms with Crippen LogP contribution in [-0.4, -0.2) is 24.3 Å². The van der Waals surface area contributed by atoms with Crippen molar-refractivity contribution in [3.8, 4) is 0 Å². The molecule has 0 radical (unpaired) electrons. The molecule has 2 saturated carbocycles. The van der Waals surface area contributed by atoms with Gasteiger partial charge in [-0.3, -0.25) is 0 Å². The Labute approximate surface area is 112 Å². The summed E-state index contributed by atoms with van der Waals surface area (Å²) in [6.07, 6.45) is 12.0. The molecule has 2 heteroatoms. The smallest absolute Gasteiger partial charge is 0.0864 e. The summed E-state index contributed by atoms with van der Waals surface area (Å²) in [5.41, 5.74) is 0.620. The Hall–Kier alpha value is -0.0800. The molecule has 3 aliphatic rings. The van der Waals surface area contributed by atoms with Crippen molar-refractivity contribution in [3.63, 3.8) is 0 Å². The Morgan fingerprint density at radius 3 is 2.17 bits per heavy atom. The fourth-order valence-electron chi connectivity index (χ4n) is 4.51. The van der Waals surface area contributed by atoms with E-state index in [1.165, 1.54) is 57.8 Å². The molecule has 104 valence electrons. The van der Waals surface area contributed by atoms with Gasteiger partial charge in [-0.15, -0.1) is 0 Å². The van der Waals surface area contributed by atoms with Crippen LogP contribution in [0.1, 0.15) is 71.6 Å². The summed E-state index contributed by atoms with van der Waals surface area (Å²) in [5, 5.41) is 3.74. The third kappa shape index (κ3) is 2.02. The van der Waals surface area contributed by atoms with Crippen LogP contribution in [0.25, 0.3) is 0 Å². The predicted octanol–water partition coefficient (Wildman–Crippen LogP) is 3.65. The molecule has 0 amide bonds. The first kappa shape index (κ1) is 12.9. The monoisotopic (exact) mass is 251 g/mol. The Morgan fingerprint density at radius 2 is 1.44 bits per heavy atom. The summed E-state index contributed by atoms with van der Waals surface area (Å²) in [7, 11) is 0. The first-order valence-electron chi connectivity index (χ1n) is 7.99. The molecule has 0 aromatic heterocycles. The van der Waals surface area contributed by atoms with Crippen molar-refractivity contribution < 1.29 is 4.74 Å². The third-order valence-electron chi connectivity index (χ3n) is 5.90. The summed E-state index contributed by atoms with van der Waals surface area (Å²) >= 11 is 0. The molecular formula is C16H29NO. The Morgan fingerprint density at radius 1 is 0.778 bits per heavy atom. The molecule has 1 heterocycles. The molecule has 1 unspecified atom stereocenters. The fourth-order valence-corrected chi connectivity index (χ4v) is 4.51. The van der Waals surface area contributed by atoms with Gasteiger partial charge in [0.05, 0.1) is 11.2 Å². The van der Waals surface area contributed by atoms with Crippen LogP contribution in [0, 0.1) is 5.41 Å². The van der Waals surface area contributed by atoms with E-state index in [9.17, 15) is 0 Å². The molecule has 0 aromatic rings. The van der Waals surface area contributed by atoms with E-state index in [4.69, 9.17) is 4.74 Å². The van der Waals surface area contributed by atoms with Crippen LogP contribution in [0.5, 0.6) is 0 Å². The van der Waals surface area contributed by atoms with E-state index in [-0.39, 0.29) is 11.2 Å². The first-order chi connectivity index (χ1) is 8.58. The minimum atomic E-state index is 0.112. The van der Waals surface area contributed by atoms with Crippen LogP contribution in [0.3, 0.4) is 0 Å². The van der Waals surface area contributed by atoms with Crippen LogP contribution in [0.15, 0.2) is 0 Å². The first-order valence-corrected chi connectivity index (χ1v) is 7.99. The molecule has 2 nitrogen and oxygen atoms in total. The normalized spacial score (nSPS) is 39.0. The van der Waals surface area contributed by atoms with Gasteiger partial charge in [0.2, 0.25) is 0 Å².